The summed E-state index contributed by atoms with van der Waals surface area (Å²) >= 11 is 0. The van der Waals surface area contributed by atoms with Crippen LogP contribution in [0.4, 0.5) is 5.69 Å². The van der Waals surface area contributed by atoms with Gasteiger partial charge in [-0.2, -0.15) is 0 Å². The fourth-order valence-corrected chi connectivity index (χ4v) is 3.95. The number of amides is 1. The van der Waals surface area contributed by atoms with Crippen LogP contribution in [-0.2, 0) is 11.3 Å². The number of likely N-dealkylation sites (tertiary alicyclic amines) is 1. The predicted octanol–water partition coefficient (Wildman–Crippen LogP) is 4.15. The van der Waals surface area contributed by atoms with E-state index in [0.29, 0.717) is 19.0 Å². The molecule has 5 heteroatoms. The van der Waals surface area contributed by atoms with Crippen molar-refractivity contribution in [3.8, 4) is 0 Å². The highest BCUT2D eigenvalue weighted by Gasteiger charge is 2.23. The van der Waals surface area contributed by atoms with Crippen molar-refractivity contribution in [1.82, 2.24) is 14.5 Å². The van der Waals surface area contributed by atoms with E-state index < -0.39 is 0 Å². The molecule has 5 nitrogen and oxygen atoms in total. The molecule has 1 aliphatic rings. The Hall–Kier alpha value is -2.82. The largest absolute Gasteiger partial charge is 0.381 e. The van der Waals surface area contributed by atoms with E-state index in [0.717, 1.165) is 42.7 Å². The minimum atomic E-state index is 0.226. The lowest BCUT2D eigenvalue weighted by atomic mass is 10.0. The van der Waals surface area contributed by atoms with E-state index in [9.17, 15) is 4.79 Å². The van der Waals surface area contributed by atoms with E-state index in [-0.39, 0.29) is 5.91 Å². The van der Waals surface area contributed by atoms with Crippen molar-refractivity contribution in [3.63, 3.8) is 0 Å². The maximum Gasteiger partial charge on any atom is 0.224 e. The number of aryl methyl sites for hydroxylation is 3. The Morgan fingerprint density at radius 3 is 2.89 bits per heavy atom. The fourth-order valence-electron chi connectivity index (χ4n) is 3.95. The lowest BCUT2D eigenvalue weighted by Crippen LogP contribution is -2.45. The van der Waals surface area contributed by atoms with Crippen molar-refractivity contribution in [2.24, 2.45) is 0 Å². The van der Waals surface area contributed by atoms with Gasteiger partial charge in [-0.1, -0.05) is 18.2 Å². The molecule has 1 saturated heterocycles. The monoisotopic (exact) mass is 376 g/mol. The summed E-state index contributed by atoms with van der Waals surface area (Å²) in [5.41, 5.74) is 5.81. The van der Waals surface area contributed by atoms with Crippen LogP contribution in [0.5, 0.6) is 0 Å². The quantitative estimate of drug-likeness (QED) is 0.728. The average molecular weight is 377 g/mol. The Balaban J connectivity index is 1.34. The van der Waals surface area contributed by atoms with Gasteiger partial charge in [0.2, 0.25) is 5.91 Å². The van der Waals surface area contributed by atoms with Crippen LogP contribution in [-0.4, -0.2) is 39.5 Å². The molecule has 1 atom stereocenters. The summed E-state index contributed by atoms with van der Waals surface area (Å²) < 4.78 is 2.07. The second-order valence-electron chi connectivity index (χ2n) is 7.80. The SMILES string of the molecule is Cc1ccc(N[C@@H]2CCCN(C(=O)CCn3cnc4ccccc43)C2)cc1C. The number of nitrogens with zero attached hydrogens (tertiary/aromatic N) is 3. The Labute approximate surface area is 166 Å². The Morgan fingerprint density at radius 2 is 2.04 bits per heavy atom. The Kier molecular flexibility index (Phi) is 5.33. The number of piperidine rings is 1. The maximum absolute atomic E-state index is 12.8. The zero-order chi connectivity index (χ0) is 19.5. The van der Waals surface area contributed by atoms with Crippen molar-refractivity contribution in [2.75, 3.05) is 18.4 Å². The number of carbonyl (C=O) groups excluding carboxylic acids is 1. The van der Waals surface area contributed by atoms with E-state index >= 15 is 0 Å². The predicted molar refractivity (Wildman–Crippen MR) is 113 cm³/mol. The molecule has 0 spiro atoms. The molecule has 2 heterocycles. The first-order chi connectivity index (χ1) is 13.6. The lowest BCUT2D eigenvalue weighted by molar-refractivity contribution is -0.132. The van der Waals surface area contributed by atoms with Crippen LogP contribution in [0.3, 0.4) is 0 Å². The number of anilines is 1. The van der Waals surface area contributed by atoms with E-state index in [2.05, 4.69) is 53.0 Å². The molecule has 1 N–H and O–H groups in total. The van der Waals surface area contributed by atoms with Crippen LogP contribution < -0.4 is 5.32 Å². The summed E-state index contributed by atoms with van der Waals surface area (Å²) in [5.74, 6) is 0.226. The van der Waals surface area contributed by atoms with Crippen LogP contribution in [0.1, 0.15) is 30.4 Å². The third-order valence-electron chi connectivity index (χ3n) is 5.75. The third-order valence-corrected chi connectivity index (χ3v) is 5.75. The number of nitrogens with one attached hydrogen (secondary N) is 1. The summed E-state index contributed by atoms with van der Waals surface area (Å²) in [5, 5.41) is 3.62. The molecule has 1 amide bonds. The highest BCUT2D eigenvalue weighted by molar-refractivity contribution is 5.77. The summed E-state index contributed by atoms with van der Waals surface area (Å²) in [6.07, 6.45) is 4.49. The van der Waals surface area contributed by atoms with Gasteiger partial charge in [0.05, 0.1) is 17.4 Å². The summed E-state index contributed by atoms with van der Waals surface area (Å²) in [6, 6.07) is 14.8. The van der Waals surface area contributed by atoms with E-state index in [4.69, 9.17) is 0 Å². The van der Waals surface area contributed by atoms with Gasteiger partial charge in [-0.3, -0.25) is 4.79 Å². The normalized spacial score (nSPS) is 17.1. The number of imidazole rings is 1. The molecule has 4 rings (SSSR count). The van der Waals surface area contributed by atoms with Crippen LogP contribution in [0.2, 0.25) is 0 Å². The molecule has 146 valence electrons. The molecule has 0 aliphatic carbocycles. The first-order valence-corrected chi connectivity index (χ1v) is 10.1. The molecular weight excluding hydrogens is 348 g/mol. The number of para-hydroxylation sites is 2. The second kappa shape index (κ2) is 8.05. The van der Waals surface area contributed by atoms with Crippen LogP contribution in [0.25, 0.3) is 11.0 Å². The lowest BCUT2D eigenvalue weighted by Gasteiger charge is -2.34. The zero-order valence-electron chi connectivity index (χ0n) is 16.7. The van der Waals surface area contributed by atoms with Gasteiger partial charge in [0, 0.05) is 37.8 Å². The minimum absolute atomic E-state index is 0.226. The van der Waals surface area contributed by atoms with E-state index in [1.54, 1.807) is 0 Å². The molecular formula is C23H28N4O. The summed E-state index contributed by atoms with van der Waals surface area (Å²) in [7, 11) is 0. The minimum Gasteiger partial charge on any atom is -0.381 e. The van der Waals surface area contributed by atoms with Crippen LogP contribution in [0, 0.1) is 13.8 Å². The molecule has 3 aromatic rings. The van der Waals surface area contributed by atoms with E-state index in [1.165, 1.54) is 11.1 Å². The van der Waals surface area contributed by atoms with Gasteiger partial charge in [-0.15, -0.1) is 0 Å². The van der Waals surface area contributed by atoms with Crippen molar-refractivity contribution in [2.45, 2.75) is 45.7 Å². The fraction of sp³-hybridized carbons (Fsp3) is 0.391. The standard InChI is InChI=1S/C23H28N4O/c1-17-9-10-19(14-18(17)2)25-20-6-5-12-26(15-20)23(28)11-13-27-16-24-21-7-3-4-8-22(21)27/h3-4,7-10,14,16,20,25H,5-6,11-13,15H2,1-2H3/t20-/m1/s1. The van der Waals surface area contributed by atoms with Crippen molar-refractivity contribution in [1.29, 1.82) is 0 Å². The van der Waals surface area contributed by atoms with Crippen LogP contribution in [0.15, 0.2) is 48.8 Å². The smallest absolute Gasteiger partial charge is 0.224 e. The van der Waals surface area contributed by atoms with Gasteiger partial charge in [0.1, 0.15) is 0 Å². The third kappa shape index (κ3) is 4.03. The van der Waals surface area contributed by atoms with Gasteiger partial charge in [-0.05, 0) is 62.1 Å². The maximum atomic E-state index is 12.8. The second-order valence-corrected chi connectivity index (χ2v) is 7.80. The summed E-state index contributed by atoms with van der Waals surface area (Å²) in [4.78, 5) is 19.2. The van der Waals surface area contributed by atoms with Gasteiger partial charge in [0.15, 0.2) is 0 Å². The molecule has 0 bridgehead atoms. The van der Waals surface area contributed by atoms with Gasteiger partial charge in [0.25, 0.3) is 0 Å². The molecule has 1 aromatic heterocycles. The summed E-state index contributed by atoms with van der Waals surface area (Å²) in [6.45, 7) is 6.57. The Morgan fingerprint density at radius 1 is 1.18 bits per heavy atom. The molecule has 1 fully saturated rings. The van der Waals surface area contributed by atoms with Crippen LogP contribution >= 0.6 is 0 Å². The Bertz CT molecular complexity index is 978. The molecule has 28 heavy (non-hydrogen) atoms. The van der Waals surface area contributed by atoms with E-state index in [1.807, 2.05) is 29.4 Å². The molecule has 1 aliphatic heterocycles. The first kappa shape index (κ1) is 18.5. The number of fused-ring (bicyclic) bond motifs is 1. The highest BCUT2D eigenvalue weighted by atomic mass is 16.2. The number of benzene rings is 2. The zero-order valence-corrected chi connectivity index (χ0v) is 16.7. The molecule has 0 saturated carbocycles. The molecule has 2 aromatic carbocycles. The van der Waals surface area contributed by atoms with Crippen molar-refractivity contribution >= 4 is 22.6 Å². The van der Waals surface area contributed by atoms with Crippen molar-refractivity contribution in [3.05, 3.63) is 59.9 Å². The van der Waals surface area contributed by atoms with Crippen molar-refractivity contribution < 1.29 is 4.79 Å². The molecule has 0 unspecified atom stereocenters. The number of aromatic nitrogens is 2. The van der Waals surface area contributed by atoms with Gasteiger partial charge in [-0.25, -0.2) is 4.98 Å². The number of carbonyl (C=O) groups is 1. The topological polar surface area (TPSA) is 50.2 Å². The highest BCUT2D eigenvalue weighted by Crippen LogP contribution is 2.20. The number of hydrogen-bond acceptors (Lipinski definition) is 3. The average Bonchev–Trinajstić information content (AvgIpc) is 3.12. The first-order valence-electron chi connectivity index (χ1n) is 10.1. The number of hydrogen-bond donors (Lipinski definition) is 1. The van der Waals surface area contributed by atoms with Gasteiger partial charge >= 0.3 is 0 Å². The molecule has 0 radical (unpaired) electrons. The number of rotatable bonds is 5. The van der Waals surface area contributed by atoms with Gasteiger partial charge < -0.3 is 14.8 Å².